The van der Waals surface area contributed by atoms with Gasteiger partial charge in [0.2, 0.25) is 5.88 Å². The molecule has 0 aliphatic rings. The van der Waals surface area contributed by atoms with Crippen LogP contribution in [0.25, 0.3) is 0 Å². The van der Waals surface area contributed by atoms with Gasteiger partial charge in [0.1, 0.15) is 5.84 Å². The number of hydrogen-bond acceptors (Lipinski definition) is 3. The highest BCUT2D eigenvalue weighted by Crippen LogP contribution is 2.22. The van der Waals surface area contributed by atoms with E-state index in [4.69, 9.17) is 15.9 Å². The first-order valence-electron chi connectivity index (χ1n) is 7.45. The standard InChI is InChI=1S/C16H27N3O/c1-5-6-7-8-9-13(4)20-16-14(15(17)18)11(2)10-12(3)19-16/h10,13H,5-9H2,1-4H3,(H3,17,18). The maximum Gasteiger partial charge on any atom is 0.225 e. The maximum absolute atomic E-state index is 7.68. The minimum Gasteiger partial charge on any atom is -0.474 e. The van der Waals surface area contributed by atoms with Crippen LogP contribution in [-0.2, 0) is 0 Å². The second kappa shape index (κ2) is 7.88. The number of nitrogen functional groups attached to an aromatic ring is 1. The van der Waals surface area contributed by atoms with E-state index in [9.17, 15) is 0 Å². The fraction of sp³-hybridized carbons (Fsp3) is 0.625. The molecule has 0 aromatic carbocycles. The van der Waals surface area contributed by atoms with Crippen molar-refractivity contribution in [2.75, 3.05) is 0 Å². The van der Waals surface area contributed by atoms with Crippen LogP contribution in [-0.4, -0.2) is 16.9 Å². The lowest BCUT2D eigenvalue weighted by Gasteiger charge is -2.18. The van der Waals surface area contributed by atoms with Gasteiger partial charge in [0, 0.05) is 5.69 Å². The van der Waals surface area contributed by atoms with Gasteiger partial charge in [-0.25, -0.2) is 4.98 Å². The van der Waals surface area contributed by atoms with Gasteiger partial charge in [-0.2, -0.15) is 0 Å². The second-order valence-corrected chi connectivity index (χ2v) is 5.45. The van der Waals surface area contributed by atoms with E-state index in [0.717, 1.165) is 24.1 Å². The van der Waals surface area contributed by atoms with Crippen LogP contribution >= 0.6 is 0 Å². The Balaban J connectivity index is 2.73. The third-order valence-electron chi connectivity index (χ3n) is 3.36. The summed E-state index contributed by atoms with van der Waals surface area (Å²) >= 11 is 0. The van der Waals surface area contributed by atoms with Crippen LogP contribution in [0.1, 0.15) is 62.8 Å². The first-order valence-corrected chi connectivity index (χ1v) is 7.45. The van der Waals surface area contributed by atoms with E-state index >= 15 is 0 Å². The third-order valence-corrected chi connectivity index (χ3v) is 3.36. The van der Waals surface area contributed by atoms with Gasteiger partial charge in [-0.3, -0.25) is 5.41 Å². The number of amidine groups is 1. The van der Waals surface area contributed by atoms with E-state index in [-0.39, 0.29) is 11.9 Å². The van der Waals surface area contributed by atoms with Crippen molar-refractivity contribution >= 4 is 5.84 Å². The summed E-state index contributed by atoms with van der Waals surface area (Å²) in [6.45, 7) is 8.12. The SMILES string of the molecule is CCCCCCC(C)Oc1nc(C)cc(C)c1C(=N)N. The number of rotatable bonds is 8. The molecule has 0 saturated heterocycles. The molecule has 0 aliphatic heterocycles. The van der Waals surface area contributed by atoms with Crippen LogP contribution in [0.5, 0.6) is 5.88 Å². The molecule has 4 heteroatoms. The molecule has 1 atom stereocenters. The molecule has 20 heavy (non-hydrogen) atoms. The molecule has 1 aromatic rings. The summed E-state index contributed by atoms with van der Waals surface area (Å²) in [5.41, 5.74) is 8.10. The molecule has 3 N–H and O–H groups in total. The number of aryl methyl sites for hydroxylation is 2. The number of hydrogen-bond donors (Lipinski definition) is 2. The summed E-state index contributed by atoms with van der Waals surface area (Å²) in [5.74, 6) is 0.515. The maximum atomic E-state index is 7.68. The number of nitrogens with one attached hydrogen (secondary N) is 1. The monoisotopic (exact) mass is 277 g/mol. The molecule has 1 heterocycles. The Morgan fingerprint density at radius 3 is 2.65 bits per heavy atom. The normalized spacial score (nSPS) is 12.2. The van der Waals surface area contributed by atoms with Gasteiger partial charge in [0.15, 0.2) is 0 Å². The molecule has 1 unspecified atom stereocenters. The average molecular weight is 277 g/mol. The van der Waals surface area contributed by atoms with Gasteiger partial charge >= 0.3 is 0 Å². The fourth-order valence-corrected chi connectivity index (χ4v) is 2.32. The first-order chi connectivity index (χ1) is 9.45. The van der Waals surface area contributed by atoms with Gasteiger partial charge in [-0.1, -0.05) is 26.2 Å². The quantitative estimate of drug-likeness (QED) is 0.432. The number of aromatic nitrogens is 1. The lowest BCUT2D eigenvalue weighted by atomic mass is 10.1. The van der Waals surface area contributed by atoms with Crippen LogP contribution < -0.4 is 10.5 Å². The zero-order valence-corrected chi connectivity index (χ0v) is 13.1. The van der Waals surface area contributed by atoms with Gasteiger partial charge in [0.05, 0.1) is 11.7 Å². The molecule has 0 radical (unpaired) electrons. The molecule has 0 fully saturated rings. The second-order valence-electron chi connectivity index (χ2n) is 5.45. The zero-order chi connectivity index (χ0) is 15.1. The molecule has 0 saturated carbocycles. The van der Waals surface area contributed by atoms with Crippen molar-refractivity contribution in [3.8, 4) is 5.88 Å². The lowest BCUT2D eigenvalue weighted by Crippen LogP contribution is -2.20. The molecular formula is C16H27N3O. The fourth-order valence-electron chi connectivity index (χ4n) is 2.32. The number of nitrogens with zero attached hydrogens (tertiary/aromatic N) is 1. The van der Waals surface area contributed by atoms with Gasteiger partial charge in [0.25, 0.3) is 0 Å². The number of unbranched alkanes of at least 4 members (excludes halogenated alkanes) is 3. The Kier molecular flexibility index (Phi) is 6.49. The van der Waals surface area contributed by atoms with Crippen LogP contribution in [0.3, 0.4) is 0 Å². The highest BCUT2D eigenvalue weighted by Gasteiger charge is 2.15. The predicted octanol–water partition coefficient (Wildman–Crippen LogP) is 3.72. The van der Waals surface area contributed by atoms with Crippen LogP contribution in [0, 0.1) is 19.3 Å². The summed E-state index contributed by atoms with van der Waals surface area (Å²) in [5, 5.41) is 7.68. The molecule has 1 aromatic heterocycles. The smallest absolute Gasteiger partial charge is 0.225 e. The Labute approximate surface area is 122 Å². The highest BCUT2D eigenvalue weighted by atomic mass is 16.5. The highest BCUT2D eigenvalue weighted by molar-refractivity contribution is 5.98. The molecule has 0 bridgehead atoms. The average Bonchev–Trinajstić information content (AvgIpc) is 2.33. The van der Waals surface area contributed by atoms with E-state index in [1.54, 1.807) is 0 Å². The molecule has 112 valence electrons. The number of pyridine rings is 1. The summed E-state index contributed by atoms with van der Waals surface area (Å²) < 4.78 is 5.92. The van der Waals surface area contributed by atoms with Crippen LogP contribution in [0.15, 0.2) is 6.07 Å². The van der Waals surface area contributed by atoms with E-state index in [0.29, 0.717) is 11.4 Å². The van der Waals surface area contributed by atoms with E-state index in [2.05, 4.69) is 18.8 Å². The Hall–Kier alpha value is -1.58. The summed E-state index contributed by atoms with van der Waals surface area (Å²) in [7, 11) is 0. The van der Waals surface area contributed by atoms with Gasteiger partial charge < -0.3 is 10.5 Å². The van der Waals surface area contributed by atoms with E-state index in [1.165, 1.54) is 19.3 Å². The number of nitrogens with two attached hydrogens (primary N) is 1. The van der Waals surface area contributed by atoms with Crippen molar-refractivity contribution < 1.29 is 4.74 Å². The van der Waals surface area contributed by atoms with Gasteiger partial charge in [-0.15, -0.1) is 0 Å². The zero-order valence-electron chi connectivity index (χ0n) is 13.1. The van der Waals surface area contributed by atoms with Crippen molar-refractivity contribution in [3.63, 3.8) is 0 Å². The Morgan fingerprint density at radius 2 is 2.05 bits per heavy atom. The number of ether oxygens (including phenoxy) is 1. The topological polar surface area (TPSA) is 72.0 Å². The summed E-state index contributed by atoms with van der Waals surface area (Å²) in [6, 6.07) is 1.93. The van der Waals surface area contributed by atoms with Crippen molar-refractivity contribution in [1.82, 2.24) is 4.98 Å². The third kappa shape index (κ3) is 4.83. The van der Waals surface area contributed by atoms with Crippen LogP contribution in [0.4, 0.5) is 0 Å². The molecular weight excluding hydrogens is 250 g/mol. The molecule has 0 spiro atoms. The van der Waals surface area contributed by atoms with Crippen molar-refractivity contribution in [3.05, 3.63) is 22.9 Å². The minimum absolute atomic E-state index is 0.0168. The summed E-state index contributed by atoms with van der Waals surface area (Å²) in [6.07, 6.45) is 6.01. The van der Waals surface area contributed by atoms with Gasteiger partial charge in [-0.05, 0) is 45.2 Å². The van der Waals surface area contributed by atoms with Crippen molar-refractivity contribution in [2.45, 2.75) is 65.9 Å². The Bertz CT molecular complexity index is 457. The Morgan fingerprint density at radius 1 is 1.35 bits per heavy atom. The van der Waals surface area contributed by atoms with Crippen molar-refractivity contribution in [2.24, 2.45) is 5.73 Å². The molecule has 1 rings (SSSR count). The predicted molar refractivity (Wildman–Crippen MR) is 83.6 cm³/mol. The van der Waals surface area contributed by atoms with E-state index < -0.39 is 0 Å². The summed E-state index contributed by atoms with van der Waals surface area (Å²) in [4.78, 5) is 4.40. The van der Waals surface area contributed by atoms with E-state index in [1.807, 2.05) is 19.9 Å². The molecule has 4 nitrogen and oxygen atoms in total. The van der Waals surface area contributed by atoms with Crippen LogP contribution in [0.2, 0.25) is 0 Å². The lowest BCUT2D eigenvalue weighted by molar-refractivity contribution is 0.197. The molecule has 0 amide bonds. The first kappa shape index (κ1) is 16.5. The van der Waals surface area contributed by atoms with Crippen molar-refractivity contribution in [1.29, 1.82) is 5.41 Å². The largest absolute Gasteiger partial charge is 0.474 e. The minimum atomic E-state index is 0.0168. The molecule has 0 aliphatic carbocycles.